The van der Waals surface area contributed by atoms with Crippen molar-refractivity contribution in [3.05, 3.63) is 80.2 Å². The summed E-state index contributed by atoms with van der Waals surface area (Å²) in [6.45, 7) is 1.71. The minimum atomic E-state index is -0.578. The van der Waals surface area contributed by atoms with Crippen molar-refractivity contribution in [2.45, 2.75) is 6.92 Å². The highest BCUT2D eigenvalue weighted by Gasteiger charge is 2.23. The number of halogens is 2. The summed E-state index contributed by atoms with van der Waals surface area (Å²) in [6, 6.07) is 9.57. The second kappa shape index (κ2) is 10.2. The standard InChI is InChI=1S/C22H17Cl2N5O4S/c1-12-8-13(23)9-15(21(30)28-32-2)19(12)26-22(31)17-10-18(33-14-5-7-34-11-14)27-29(17)20-16(24)4-3-6-25-20/h3-11H,1-2H3,(H,26,31)(H,28,30). The largest absolute Gasteiger partial charge is 0.437 e. The summed E-state index contributed by atoms with van der Waals surface area (Å²) < 4.78 is 7.04. The molecule has 0 aliphatic heterocycles. The number of nitrogens with one attached hydrogen (secondary N) is 2. The van der Waals surface area contributed by atoms with Crippen LogP contribution < -0.4 is 15.5 Å². The Kier molecular flexibility index (Phi) is 7.13. The Balaban J connectivity index is 1.76. The number of amides is 2. The highest BCUT2D eigenvalue weighted by atomic mass is 35.5. The van der Waals surface area contributed by atoms with Crippen LogP contribution in [-0.2, 0) is 4.84 Å². The molecule has 0 fully saturated rings. The first-order valence-electron chi connectivity index (χ1n) is 9.73. The van der Waals surface area contributed by atoms with Gasteiger partial charge in [-0.05, 0) is 48.2 Å². The summed E-state index contributed by atoms with van der Waals surface area (Å²) in [5.41, 5.74) is 3.26. The van der Waals surface area contributed by atoms with Gasteiger partial charge < -0.3 is 10.1 Å². The number of anilines is 1. The second-order valence-corrected chi connectivity index (χ2v) is 8.51. The van der Waals surface area contributed by atoms with Gasteiger partial charge in [-0.1, -0.05) is 23.2 Å². The van der Waals surface area contributed by atoms with Crippen molar-refractivity contribution < 1.29 is 19.2 Å². The molecule has 3 heterocycles. The zero-order valence-corrected chi connectivity index (χ0v) is 20.2. The van der Waals surface area contributed by atoms with E-state index in [1.54, 1.807) is 36.6 Å². The number of hydrogen-bond acceptors (Lipinski definition) is 7. The van der Waals surface area contributed by atoms with Crippen LogP contribution >= 0.6 is 34.5 Å². The summed E-state index contributed by atoms with van der Waals surface area (Å²) in [4.78, 5) is 34.9. The van der Waals surface area contributed by atoms with E-state index in [-0.39, 0.29) is 33.7 Å². The molecule has 0 radical (unpaired) electrons. The quantitative estimate of drug-likeness (QED) is 0.323. The first kappa shape index (κ1) is 23.7. The van der Waals surface area contributed by atoms with E-state index >= 15 is 0 Å². The molecule has 174 valence electrons. The van der Waals surface area contributed by atoms with Gasteiger partial charge in [-0.15, -0.1) is 16.4 Å². The average molecular weight is 518 g/mol. The lowest BCUT2D eigenvalue weighted by Gasteiger charge is -2.15. The van der Waals surface area contributed by atoms with E-state index in [2.05, 4.69) is 20.9 Å². The van der Waals surface area contributed by atoms with Crippen LogP contribution in [0.3, 0.4) is 0 Å². The third-order valence-corrected chi connectivity index (χ3v) is 5.73. The fourth-order valence-corrected chi connectivity index (χ4v) is 4.14. The molecule has 0 saturated heterocycles. The summed E-state index contributed by atoms with van der Waals surface area (Å²) in [7, 11) is 1.30. The SMILES string of the molecule is CONC(=O)c1cc(Cl)cc(C)c1NC(=O)c1cc(Oc2ccsc2)nn1-c1ncccc1Cl. The van der Waals surface area contributed by atoms with E-state index in [0.29, 0.717) is 16.3 Å². The van der Waals surface area contributed by atoms with Crippen molar-refractivity contribution in [2.24, 2.45) is 0 Å². The van der Waals surface area contributed by atoms with E-state index in [4.69, 9.17) is 32.8 Å². The molecule has 0 unspecified atom stereocenters. The first-order chi connectivity index (χ1) is 16.4. The van der Waals surface area contributed by atoms with Crippen LogP contribution in [0.1, 0.15) is 26.4 Å². The molecule has 2 amide bonds. The molecule has 0 saturated carbocycles. The van der Waals surface area contributed by atoms with Crippen molar-refractivity contribution >= 4 is 52.0 Å². The number of rotatable bonds is 7. The highest BCUT2D eigenvalue weighted by Crippen LogP contribution is 2.29. The third-order valence-electron chi connectivity index (χ3n) is 4.55. The maximum Gasteiger partial charge on any atom is 0.277 e. The topological polar surface area (TPSA) is 107 Å². The van der Waals surface area contributed by atoms with Gasteiger partial charge in [0.25, 0.3) is 11.8 Å². The molecule has 9 nitrogen and oxygen atoms in total. The molecular formula is C22H17Cl2N5O4S. The molecule has 0 spiro atoms. The molecule has 0 aliphatic carbocycles. The molecule has 4 rings (SSSR count). The number of benzene rings is 1. The van der Waals surface area contributed by atoms with Crippen molar-refractivity contribution in [1.82, 2.24) is 20.2 Å². The summed E-state index contributed by atoms with van der Waals surface area (Å²) in [5.74, 6) is -0.187. The van der Waals surface area contributed by atoms with Gasteiger partial charge in [0, 0.05) is 22.7 Å². The normalized spacial score (nSPS) is 10.7. The Morgan fingerprint density at radius 2 is 1.97 bits per heavy atom. The van der Waals surface area contributed by atoms with Crippen LogP contribution in [0.5, 0.6) is 11.6 Å². The average Bonchev–Trinajstić information content (AvgIpc) is 3.46. The molecule has 0 bridgehead atoms. The first-order valence-corrected chi connectivity index (χ1v) is 11.4. The van der Waals surface area contributed by atoms with Gasteiger partial charge in [0.2, 0.25) is 5.88 Å². The second-order valence-electron chi connectivity index (χ2n) is 6.88. The van der Waals surface area contributed by atoms with Gasteiger partial charge in [0.1, 0.15) is 11.4 Å². The zero-order chi connectivity index (χ0) is 24.2. The monoisotopic (exact) mass is 517 g/mol. The lowest BCUT2D eigenvalue weighted by Crippen LogP contribution is -2.25. The Morgan fingerprint density at radius 1 is 1.15 bits per heavy atom. The number of carbonyl (C=O) groups is 2. The lowest BCUT2D eigenvalue weighted by atomic mass is 10.1. The maximum absolute atomic E-state index is 13.4. The predicted molar refractivity (Wildman–Crippen MR) is 129 cm³/mol. The minimum absolute atomic E-state index is 0.0817. The Hall–Kier alpha value is -3.44. The van der Waals surface area contributed by atoms with E-state index < -0.39 is 11.8 Å². The minimum Gasteiger partial charge on any atom is -0.437 e. The number of thiophene rings is 1. The fraction of sp³-hybridized carbons (Fsp3) is 0.0909. The molecule has 1 aromatic carbocycles. The molecule has 0 aliphatic rings. The molecule has 3 aromatic heterocycles. The van der Waals surface area contributed by atoms with Gasteiger partial charge in [-0.3, -0.25) is 14.4 Å². The number of hydrogen-bond donors (Lipinski definition) is 2. The summed E-state index contributed by atoms with van der Waals surface area (Å²) in [5, 5.41) is 11.4. The van der Waals surface area contributed by atoms with Gasteiger partial charge in [-0.2, -0.15) is 0 Å². The van der Waals surface area contributed by atoms with Crippen molar-refractivity contribution in [3.8, 4) is 17.4 Å². The van der Waals surface area contributed by atoms with Crippen molar-refractivity contribution in [1.29, 1.82) is 0 Å². The van der Waals surface area contributed by atoms with E-state index in [0.717, 1.165) is 0 Å². The van der Waals surface area contributed by atoms with E-state index in [9.17, 15) is 9.59 Å². The van der Waals surface area contributed by atoms with Crippen LogP contribution in [0.4, 0.5) is 5.69 Å². The molecular weight excluding hydrogens is 501 g/mol. The Labute approximate surface area is 208 Å². The summed E-state index contributed by atoms with van der Waals surface area (Å²) in [6.07, 6.45) is 1.53. The number of carbonyl (C=O) groups excluding carboxylic acids is 2. The molecule has 12 heteroatoms. The Morgan fingerprint density at radius 3 is 2.68 bits per heavy atom. The number of aryl methyl sites for hydroxylation is 1. The van der Waals surface area contributed by atoms with Crippen LogP contribution in [0.2, 0.25) is 10.0 Å². The maximum atomic E-state index is 13.4. The zero-order valence-electron chi connectivity index (χ0n) is 17.8. The van der Waals surface area contributed by atoms with Gasteiger partial charge in [0.05, 0.1) is 23.4 Å². The third kappa shape index (κ3) is 5.05. The van der Waals surface area contributed by atoms with E-state index in [1.807, 2.05) is 5.38 Å². The van der Waals surface area contributed by atoms with Crippen molar-refractivity contribution in [3.63, 3.8) is 0 Å². The fourth-order valence-electron chi connectivity index (χ4n) is 3.11. The lowest BCUT2D eigenvalue weighted by molar-refractivity contribution is 0.0538. The smallest absolute Gasteiger partial charge is 0.277 e. The van der Waals surface area contributed by atoms with Gasteiger partial charge in [-0.25, -0.2) is 15.1 Å². The number of nitrogens with zero attached hydrogens (tertiary/aromatic N) is 3. The van der Waals surface area contributed by atoms with Crippen LogP contribution in [-0.4, -0.2) is 33.7 Å². The predicted octanol–water partition coefficient (Wildman–Crippen LogP) is 5.28. The van der Waals surface area contributed by atoms with Crippen LogP contribution in [0.25, 0.3) is 5.82 Å². The number of ether oxygens (including phenoxy) is 1. The van der Waals surface area contributed by atoms with E-state index in [1.165, 1.54) is 41.5 Å². The molecule has 2 N–H and O–H groups in total. The highest BCUT2D eigenvalue weighted by molar-refractivity contribution is 7.08. The molecule has 34 heavy (non-hydrogen) atoms. The van der Waals surface area contributed by atoms with Gasteiger partial charge >= 0.3 is 0 Å². The number of pyridine rings is 1. The number of hydroxylamine groups is 1. The van der Waals surface area contributed by atoms with Crippen LogP contribution in [0.15, 0.2) is 53.4 Å². The Bertz CT molecular complexity index is 1360. The van der Waals surface area contributed by atoms with Crippen LogP contribution in [0, 0.1) is 6.92 Å². The summed E-state index contributed by atoms with van der Waals surface area (Å²) >= 11 is 13.9. The molecule has 0 atom stereocenters. The van der Waals surface area contributed by atoms with Gasteiger partial charge in [0.15, 0.2) is 5.82 Å². The number of aromatic nitrogens is 3. The molecule has 4 aromatic rings. The van der Waals surface area contributed by atoms with Crippen molar-refractivity contribution in [2.75, 3.05) is 12.4 Å².